The van der Waals surface area contributed by atoms with Crippen LogP contribution in [0.1, 0.15) is 19.4 Å². The second kappa shape index (κ2) is 7.53. The maximum Gasteiger partial charge on any atom is 0.231 e. The second-order valence-corrected chi connectivity index (χ2v) is 10.3. The van der Waals surface area contributed by atoms with Crippen molar-refractivity contribution >= 4 is 40.9 Å². The van der Waals surface area contributed by atoms with Gasteiger partial charge in [0.15, 0.2) is 0 Å². The molecular weight excluding hydrogens is 375 g/mol. The van der Waals surface area contributed by atoms with E-state index in [1.165, 1.54) is 0 Å². The summed E-state index contributed by atoms with van der Waals surface area (Å²) in [7, 11) is -0.846. The van der Waals surface area contributed by atoms with Crippen molar-refractivity contribution in [2.24, 2.45) is 0 Å². The molecule has 2 aromatic heterocycles. The topological polar surface area (TPSA) is 116 Å². The number of anilines is 3. The third kappa shape index (κ3) is 3.95. The molecule has 0 atom stereocenters. The smallest absolute Gasteiger partial charge is 0.231 e. The molecule has 8 nitrogen and oxygen atoms in total. The van der Waals surface area contributed by atoms with Crippen molar-refractivity contribution in [3.63, 3.8) is 0 Å². The number of fused-ring (bicyclic) bond motifs is 1. The van der Waals surface area contributed by atoms with E-state index in [1.807, 2.05) is 13.8 Å². The summed E-state index contributed by atoms with van der Waals surface area (Å²) in [5.41, 5.74) is 1.69. The predicted molar refractivity (Wildman–Crippen MR) is 113 cm³/mol. The Bertz CT molecular complexity index is 1110. The first-order valence-corrected chi connectivity index (χ1v) is 11.4. The molecule has 0 radical (unpaired) electrons. The van der Waals surface area contributed by atoms with Crippen LogP contribution >= 0.6 is 7.14 Å². The lowest BCUT2D eigenvalue weighted by Gasteiger charge is -2.15. The molecule has 0 saturated carbocycles. The van der Waals surface area contributed by atoms with Gasteiger partial charge in [-0.3, -0.25) is 0 Å². The highest BCUT2D eigenvalue weighted by Crippen LogP contribution is 2.38. The molecule has 0 spiro atoms. The number of rotatable bonds is 6. The number of hydrogen-bond donors (Lipinski definition) is 3. The summed E-state index contributed by atoms with van der Waals surface area (Å²) in [5, 5.41) is 17.1. The van der Waals surface area contributed by atoms with Crippen LogP contribution in [0.15, 0.2) is 24.4 Å². The van der Waals surface area contributed by atoms with E-state index < -0.39 is 7.14 Å². The molecule has 3 aromatic rings. The van der Waals surface area contributed by atoms with Crippen LogP contribution in [0.3, 0.4) is 0 Å². The Labute approximate surface area is 163 Å². The van der Waals surface area contributed by atoms with Crippen LogP contribution < -0.4 is 20.7 Å². The number of ether oxygens (including phenoxy) is 1. The van der Waals surface area contributed by atoms with Gasteiger partial charge in [0.05, 0.1) is 23.7 Å². The van der Waals surface area contributed by atoms with Gasteiger partial charge in [-0.05, 0) is 45.4 Å². The van der Waals surface area contributed by atoms with Gasteiger partial charge in [-0.15, -0.1) is 0 Å². The number of nitrogens with zero attached hydrogens (tertiary/aromatic N) is 3. The van der Waals surface area contributed by atoms with Crippen molar-refractivity contribution < 1.29 is 9.30 Å². The molecule has 1 aromatic carbocycles. The van der Waals surface area contributed by atoms with Crippen molar-refractivity contribution in [2.45, 2.75) is 19.9 Å². The molecule has 0 aliphatic carbocycles. The van der Waals surface area contributed by atoms with Gasteiger partial charge in [0, 0.05) is 17.5 Å². The fourth-order valence-corrected chi connectivity index (χ4v) is 3.66. The quantitative estimate of drug-likeness (QED) is 0.543. The molecule has 0 unspecified atom stereocenters. The Balaban J connectivity index is 2.05. The van der Waals surface area contributed by atoms with Crippen LogP contribution in [0.5, 0.6) is 5.75 Å². The van der Waals surface area contributed by atoms with Crippen LogP contribution in [-0.4, -0.2) is 41.4 Å². The molecule has 3 N–H and O–H groups in total. The Morgan fingerprint density at radius 1 is 1.29 bits per heavy atom. The van der Waals surface area contributed by atoms with Gasteiger partial charge in [-0.25, -0.2) is 0 Å². The monoisotopic (exact) mass is 398 g/mol. The van der Waals surface area contributed by atoms with Gasteiger partial charge in [0.25, 0.3) is 0 Å². The molecule has 3 rings (SSSR count). The summed E-state index contributed by atoms with van der Waals surface area (Å²) >= 11 is 0. The number of hydrogen-bond acceptors (Lipinski definition) is 7. The molecule has 9 heteroatoms. The van der Waals surface area contributed by atoms with Crippen LogP contribution in [0.2, 0.25) is 0 Å². The molecular formula is C19H23N6O2P. The predicted octanol–water partition coefficient (Wildman–Crippen LogP) is 3.65. The van der Waals surface area contributed by atoms with Crippen LogP contribution in [0.4, 0.5) is 17.5 Å². The second-order valence-electron chi connectivity index (χ2n) is 7.09. The third-order valence-corrected chi connectivity index (χ3v) is 5.65. The van der Waals surface area contributed by atoms with Crippen molar-refractivity contribution in [2.75, 3.05) is 31.1 Å². The Kier molecular flexibility index (Phi) is 5.30. The molecule has 0 bridgehead atoms. The summed E-state index contributed by atoms with van der Waals surface area (Å²) in [5.74, 6) is 1.47. The van der Waals surface area contributed by atoms with Crippen molar-refractivity contribution in [3.8, 4) is 11.8 Å². The van der Waals surface area contributed by atoms with E-state index in [1.54, 1.807) is 44.8 Å². The van der Waals surface area contributed by atoms with E-state index in [9.17, 15) is 9.83 Å². The first kappa shape index (κ1) is 19.7. The van der Waals surface area contributed by atoms with E-state index in [-0.39, 0.29) is 6.04 Å². The largest absolute Gasteiger partial charge is 0.495 e. The van der Waals surface area contributed by atoms with Gasteiger partial charge < -0.3 is 24.9 Å². The average molecular weight is 398 g/mol. The van der Waals surface area contributed by atoms with Crippen molar-refractivity contribution in [1.82, 2.24) is 15.0 Å². The first-order chi connectivity index (χ1) is 13.2. The fraction of sp³-hybridized carbons (Fsp3) is 0.316. The molecule has 0 aliphatic rings. The van der Waals surface area contributed by atoms with Crippen molar-refractivity contribution in [1.29, 1.82) is 5.26 Å². The number of aromatic amines is 1. The summed E-state index contributed by atoms with van der Waals surface area (Å²) < 4.78 is 17.8. The zero-order valence-electron chi connectivity index (χ0n) is 16.5. The van der Waals surface area contributed by atoms with Gasteiger partial charge in [-0.2, -0.15) is 15.2 Å². The minimum absolute atomic E-state index is 0.129. The number of aromatic nitrogens is 3. The minimum atomic E-state index is -2.40. The third-order valence-electron chi connectivity index (χ3n) is 4.13. The van der Waals surface area contributed by atoms with Crippen LogP contribution in [0, 0.1) is 11.3 Å². The summed E-state index contributed by atoms with van der Waals surface area (Å²) in [4.78, 5) is 12.0. The highest BCUT2D eigenvalue weighted by atomic mass is 31.2. The lowest BCUT2D eigenvalue weighted by Crippen LogP contribution is -2.13. The van der Waals surface area contributed by atoms with Gasteiger partial charge in [0.2, 0.25) is 5.95 Å². The lowest BCUT2D eigenvalue weighted by atomic mass is 10.2. The normalized spacial score (nSPS) is 11.5. The Morgan fingerprint density at radius 2 is 2.04 bits per heavy atom. The maximum absolute atomic E-state index is 12.3. The highest BCUT2D eigenvalue weighted by molar-refractivity contribution is 7.70. The minimum Gasteiger partial charge on any atom is -0.495 e. The average Bonchev–Trinajstić information content (AvgIpc) is 3.04. The van der Waals surface area contributed by atoms with E-state index in [4.69, 9.17) is 4.74 Å². The number of methoxy groups -OCH3 is 1. The van der Waals surface area contributed by atoms with Gasteiger partial charge in [-0.1, -0.05) is 0 Å². The summed E-state index contributed by atoms with van der Waals surface area (Å²) in [6.45, 7) is 7.42. The molecule has 0 aliphatic heterocycles. The molecule has 0 fully saturated rings. The van der Waals surface area contributed by atoms with E-state index >= 15 is 0 Å². The summed E-state index contributed by atoms with van der Waals surface area (Å²) in [6.07, 6.45) is 1.62. The number of benzene rings is 1. The van der Waals surface area contributed by atoms with Gasteiger partial charge in [0.1, 0.15) is 30.4 Å². The zero-order valence-corrected chi connectivity index (χ0v) is 17.4. The van der Waals surface area contributed by atoms with E-state index in [0.29, 0.717) is 39.8 Å². The Morgan fingerprint density at radius 3 is 2.64 bits per heavy atom. The first-order valence-electron chi connectivity index (χ1n) is 8.79. The molecule has 146 valence electrons. The van der Waals surface area contributed by atoms with Crippen LogP contribution in [0.25, 0.3) is 11.0 Å². The fourth-order valence-electron chi connectivity index (χ4n) is 2.79. The maximum atomic E-state index is 12.3. The van der Waals surface area contributed by atoms with Crippen LogP contribution in [-0.2, 0) is 4.57 Å². The van der Waals surface area contributed by atoms with Gasteiger partial charge >= 0.3 is 0 Å². The molecule has 2 heterocycles. The SMILES string of the molecule is COc1cc(P(C)(C)=O)ccc1Nc1nc(NC(C)C)c2c(C#N)c[nH]c2n1. The standard InChI is InChI=1S/C19H23N6O2P/c1-11(2)22-18-16-12(9-20)10-21-17(16)24-19(25-18)23-14-7-6-13(28(4,5)26)8-15(14)27-3/h6-8,10-11H,1-5H3,(H3,21,22,23,24,25). The Hall–Kier alpha value is -3.04. The van der Waals surface area contributed by atoms with Crippen molar-refractivity contribution in [3.05, 3.63) is 30.0 Å². The zero-order chi connectivity index (χ0) is 20.5. The number of H-pyrrole nitrogens is 1. The number of nitrogens with one attached hydrogen (secondary N) is 3. The van der Waals surface area contributed by atoms with E-state index in [0.717, 1.165) is 5.30 Å². The molecule has 28 heavy (non-hydrogen) atoms. The molecule has 0 amide bonds. The number of nitriles is 1. The highest BCUT2D eigenvalue weighted by Gasteiger charge is 2.17. The lowest BCUT2D eigenvalue weighted by molar-refractivity contribution is 0.417. The van der Waals surface area contributed by atoms with E-state index in [2.05, 4.69) is 31.7 Å². The molecule has 0 saturated heterocycles. The summed E-state index contributed by atoms with van der Waals surface area (Å²) in [6, 6.07) is 7.65.